The number of halogens is 3. The molecule has 4 aromatic carbocycles. The molecular weight excluding hydrogens is 1040 g/mol. The number of carbonyl (C=O) groups excluding carboxylic acids is 2. The summed E-state index contributed by atoms with van der Waals surface area (Å²) in [5.74, 6) is 0.431. The number of hydrogen-bond acceptors (Lipinski definition) is 15. The topological polar surface area (TPSA) is 139 Å². The molecule has 6 aliphatic rings. The van der Waals surface area contributed by atoms with E-state index in [4.69, 9.17) is 34.1 Å². The van der Waals surface area contributed by atoms with Crippen LogP contribution in [-0.2, 0) is 46.2 Å². The van der Waals surface area contributed by atoms with Gasteiger partial charge in [-0.25, -0.2) is 13.2 Å². The maximum absolute atomic E-state index is 17.7. The number of rotatable bonds is 16. The van der Waals surface area contributed by atoms with Gasteiger partial charge in [0.05, 0.1) is 48.6 Å². The Balaban J connectivity index is 0.726. The maximum Gasteiger partial charge on any atom is 0.318 e. The lowest BCUT2D eigenvalue weighted by atomic mass is 9.88. The van der Waals surface area contributed by atoms with E-state index in [-0.39, 0.29) is 67.4 Å². The molecule has 424 valence electrons. The Hall–Kier alpha value is -7.55. The van der Waals surface area contributed by atoms with E-state index in [1.54, 1.807) is 29.0 Å². The van der Waals surface area contributed by atoms with Crippen molar-refractivity contribution >= 4 is 56.4 Å². The van der Waals surface area contributed by atoms with Crippen molar-refractivity contribution in [3.63, 3.8) is 0 Å². The first-order chi connectivity index (χ1) is 39.3. The number of methoxy groups -OCH3 is 1. The van der Waals surface area contributed by atoms with Gasteiger partial charge in [-0.15, -0.1) is 0 Å². The smallest absolute Gasteiger partial charge is 0.318 e. The predicted octanol–water partition coefficient (Wildman–Crippen LogP) is 7.39. The minimum Gasteiger partial charge on any atom is -0.463 e. The van der Waals surface area contributed by atoms with Crippen LogP contribution in [0.25, 0.3) is 21.5 Å². The van der Waals surface area contributed by atoms with E-state index in [0.717, 1.165) is 51.6 Å². The number of nitrogens with zero attached hydrogens (tertiary/aromatic N) is 12. The zero-order valence-corrected chi connectivity index (χ0v) is 46.3. The number of hydrogen-bond donors (Lipinski definition) is 0. The summed E-state index contributed by atoms with van der Waals surface area (Å²) in [5.41, 5.74) is 2.87. The number of piperazine rings is 2. The van der Waals surface area contributed by atoms with Crippen LogP contribution in [0.5, 0.6) is 12.0 Å². The van der Waals surface area contributed by atoms with E-state index in [1.165, 1.54) is 18.2 Å². The van der Waals surface area contributed by atoms with Gasteiger partial charge in [0.2, 0.25) is 11.8 Å². The molecule has 0 N–H and O–H groups in total. The van der Waals surface area contributed by atoms with Crippen molar-refractivity contribution in [2.45, 2.75) is 75.7 Å². The SMILES string of the molecule is C=CC(=O)N1CCN(c2nc(OCCC[C@@H]3CC(F)(c4cccc5cc(N6Cc7nc(OC[C@@H]8C[C@@H](OC)CN8C)nc(N8CCN(C(=O)C=C)CC8)c7C6)c(F)cc45)CN3C)nc3c2CN(c2cc4ccccc4cc2F)C3)CC1. The molecule has 4 fully saturated rings. The van der Waals surface area contributed by atoms with Gasteiger partial charge in [-0.2, -0.15) is 19.9 Å². The first-order valence-corrected chi connectivity index (χ1v) is 28.2. The van der Waals surface area contributed by atoms with Crippen molar-refractivity contribution in [1.29, 1.82) is 0 Å². The summed E-state index contributed by atoms with van der Waals surface area (Å²) < 4.78 is 68.5. The molecule has 0 radical (unpaired) electrons. The van der Waals surface area contributed by atoms with Gasteiger partial charge in [-0.1, -0.05) is 55.6 Å². The molecule has 8 heterocycles. The van der Waals surface area contributed by atoms with Crippen molar-refractivity contribution in [3.8, 4) is 12.0 Å². The standard InChI is InChI=1S/C61H69F3N12O5/c1-6-55(77)71-17-21-73(22-18-71)57-46-33-75(53-27-40-13-9-8-12-39(40)26-49(53)62)35-51(46)65-59(67-57)80-25-11-15-42-31-61(64,38-70(42)4)48-16-10-14-41-28-54(50(63)30-45(41)48)76-34-47-52(36-76)66-60(81-37-43-29-44(79-5)32-69(43)3)68-58(47)74-23-19-72(20-24-74)56(78)7-2/h6-10,12-14,16,26-28,30,42-44H,1-2,11,15,17-25,29,31-38H2,3-5H3/t42-,43+,44-,61?/m1/s1. The van der Waals surface area contributed by atoms with Crippen LogP contribution >= 0.6 is 0 Å². The number of benzene rings is 4. The van der Waals surface area contributed by atoms with Crippen LogP contribution in [0.2, 0.25) is 0 Å². The molecule has 0 aliphatic carbocycles. The molecule has 0 saturated carbocycles. The molecule has 4 atom stereocenters. The second-order valence-corrected chi connectivity index (χ2v) is 22.5. The third kappa shape index (κ3) is 10.7. The third-order valence-electron chi connectivity index (χ3n) is 17.5. The largest absolute Gasteiger partial charge is 0.463 e. The Morgan fingerprint density at radius 3 is 1.80 bits per heavy atom. The highest BCUT2D eigenvalue weighted by atomic mass is 19.1. The van der Waals surface area contributed by atoms with E-state index >= 15 is 13.2 Å². The fourth-order valence-electron chi connectivity index (χ4n) is 13.0. The summed E-state index contributed by atoms with van der Waals surface area (Å²) in [6.07, 6.45) is 5.08. The number of likely N-dealkylation sites (N-methyl/N-ethyl adjacent to an activating group) is 2. The molecule has 6 aliphatic heterocycles. The third-order valence-corrected chi connectivity index (χ3v) is 17.5. The second kappa shape index (κ2) is 22.4. The van der Waals surface area contributed by atoms with Crippen molar-refractivity contribution in [2.24, 2.45) is 0 Å². The Morgan fingerprint density at radius 1 is 0.667 bits per heavy atom. The summed E-state index contributed by atoms with van der Waals surface area (Å²) >= 11 is 0. The Bertz CT molecular complexity index is 3410. The van der Waals surface area contributed by atoms with Crippen molar-refractivity contribution in [3.05, 3.63) is 132 Å². The fraction of sp³-hybridized carbons (Fsp3) is 0.443. The molecule has 0 bridgehead atoms. The lowest BCUT2D eigenvalue weighted by molar-refractivity contribution is -0.127. The molecule has 1 unspecified atom stereocenters. The Kier molecular flexibility index (Phi) is 15.0. The Morgan fingerprint density at radius 2 is 1.22 bits per heavy atom. The minimum atomic E-state index is -1.74. The molecule has 0 spiro atoms. The van der Waals surface area contributed by atoms with Crippen LogP contribution in [0.1, 0.15) is 53.8 Å². The molecule has 6 aromatic rings. The molecule has 12 rings (SSSR count). The van der Waals surface area contributed by atoms with Crippen LogP contribution in [0.15, 0.2) is 92.0 Å². The zero-order valence-electron chi connectivity index (χ0n) is 46.3. The molecule has 2 amide bonds. The number of carbonyl (C=O) groups is 2. The van der Waals surface area contributed by atoms with Gasteiger partial charge < -0.3 is 43.6 Å². The van der Waals surface area contributed by atoms with Gasteiger partial charge in [0.25, 0.3) is 0 Å². The normalized spacial score (nSPS) is 22.3. The second-order valence-electron chi connectivity index (χ2n) is 22.5. The van der Waals surface area contributed by atoms with Gasteiger partial charge in [0, 0.05) is 115 Å². The summed E-state index contributed by atoms with van der Waals surface area (Å²) in [5, 5.41) is 3.03. The van der Waals surface area contributed by atoms with Crippen LogP contribution in [-0.4, -0.2) is 169 Å². The molecule has 20 heteroatoms. The average molecular weight is 1110 g/mol. The minimum absolute atomic E-state index is 0.111. The zero-order chi connectivity index (χ0) is 56.1. The van der Waals surface area contributed by atoms with Crippen LogP contribution in [0, 0.1) is 11.6 Å². The molecule has 17 nitrogen and oxygen atoms in total. The summed E-state index contributed by atoms with van der Waals surface area (Å²) in [7, 11) is 5.71. The summed E-state index contributed by atoms with van der Waals surface area (Å²) in [4.78, 5) is 60.7. The fourth-order valence-corrected chi connectivity index (χ4v) is 13.0. The molecular formula is C61H69F3N12O5. The van der Waals surface area contributed by atoms with Gasteiger partial charge in [-0.3, -0.25) is 19.4 Å². The number of aromatic nitrogens is 4. The highest BCUT2D eigenvalue weighted by molar-refractivity contribution is 5.91. The van der Waals surface area contributed by atoms with Crippen LogP contribution in [0.3, 0.4) is 0 Å². The van der Waals surface area contributed by atoms with E-state index in [0.29, 0.717) is 132 Å². The van der Waals surface area contributed by atoms with Crippen molar-refractivity contribution in [2.75, 3.05) is 119 Å². The molecule has 4 saturated heterocycles. The predicted molar refractivity (Wildman–Crippen MR) is 306 cm³/mol. The van der Waals surface area contributed by atoms with Crippen molar-refractivity contribution in [1.82, 2.24) is 39.5 Å². The summed E-state index contributed by atoms with van der Waals surface area (Å²) in [6.45, 7) is 14.6. The first-order valence-electron chi connectivity index (χ1n) is 28.2. The number of amides is 2. The number of ether oxygens (including phenoxy) is 3. The maximum atomic E-state index is 17.7. The van der Waals surface area contributed by atoms with E-state index in [2.05, 4.69) is 34.9 Å². The van der Waals surface area contributed by atoms with E-state index < -0.39 is 11.5 Å². The highest BCUT2D eigenvalue weighted by Crippen LogP contribution is 2.45. The average Bonchev–Trinajstić information content (AvgIpc) is 4.33. The number of alkyl halides is 1. The molecule has 81 heavy (non-hydrogen) atoms. The van der Waals surface area contributed by atoms with E-state index in [1.807, 2.05) is 70.3 Å². The van der Waals surface area contributed by atoms with E-state index in [9.17, 15) is 9.59 Å². The van der Waals surface area contributed by atoms with Gasteiger partial charge >= 0.3 is 12.0 Å². The quantitative estimate of drug-likeness (QED) is 0.0703. The first kappa shape index (κ1) is 54.1. The van der Waals surface area contributed by atoms with Gasteiger partial charge in [-0.05, 0) is 96.9 Å². The number of anilines is 4. The Labute approximate surface area is 470 Å². The lowest BCUT2D eigenvalue weighted by Gasteiger charge is -2.35. The van der Waals surface area contributed by atoms with Crippen molar-refractivity contribution < 1.29 is 37.0 Å². The number of likely N-dealkylation sites (tertiary alicyclic amines) is 2. The van der Waals surface area contributed by atoms with Gasteiger partial charge in [0.1, 0.15) is 29.9 Å². The van der Waals surface area contributed by atoms with Crippen LogP contribution in [0.4, 0.5) is 36.2 Å². The summed E-state index contributed by atoms with van der Waals surface area (Å²) in [6, 6.07) is 20.5. The monoisotopic (exact) mass is 1110 g/mol. The van der Waals surface area contributed by atoms with Gasteiger partial charge in [0.15, 0.2) is 5.67 Å². The number of fused-ring (bicyclic) bond motifs is 4. The van der Waals surface area contributed by atoms with Crippen LogP contribution < -0.4 is 29.1 Å². The highest BCUT2D eigenvalue weighted by Gasteiger charge is 2.45. The molecule has 2 aromatic heterocycles. The lowest BCUT2D eigenvalue weighted by Crippen LogP contribution is -2.48.